The predicted molar refractivity (Wildman–Crippen MR) is 77.6 cm³/mol. The Bertz CT molecular complexity index is 464. The first-order chi connectivity index (χ1) is 8.81. The molecule has 0 radical (unpaired) electrons. The standard InChI is InChI=1S/C12H22N3O3P/c1-4-5-6-15(19(13,14)17)12-9(2)7-10(18-3)8-11(12)16/h7-8,16H,4-6H2,1-3H3,(H4,13,14,17). The van der Waals surface area contributed by atoms with Crippen LogP contribution < -0.4 is 20.4 Å². The number of benzene rings is 1. The molecular formula is C12H22N3O3P. The smallest absolute Gasteiger partial charge is 0.300 e. The summed E-state index contributed by atoms with van der Waals surface area (Å²) in [6.45, 7) is 4.23. The third kappa shape index (κ3) is 3.86. The summed E-state index contributed by atoms with van der Waals surface area (Å²) in [5.41, 5.74) is 12.3. The van der Waals surface area contributed by atoms with Gasteiger partial charge in [0.1, 0.15) is 11.5 Å². The lowest BCUT2D eigenvalue weighted by molar-refractivity contribution is 0.407. The van der Waals surface area contributed by atoms with Gasteiger partial charge in [0, 0.05) is 12.6 Å². The van der Waals surface area contributed by atoms with E-state index in [0.717, 1.165) is 12.8 Å². The van der Waals surface area contributed by atoms with Crippen LogP contribution in [0.25, 0.3) is 0 Å². The Balaban J connectivity index is 3.26. The molecule has 0 atom stereocenters. The summed E-state index contributed by atoms with van der Waals surface area (Å²) in [6, 6.07) is 3.20. The Labute approximate surface area is 113 Å². The van der Waals surface area contributed by atoms with E-state index in [1.807, 2.05) is 6.92 Å². The van der Waals surface area contributed by atoms with Gasteiger partial charge in [0.05, 0.1) is 12.8 Å². The van der Waals surface area contributed by atoms with Crippen LogP contribution in [0.3, 0.4) is 0 Å². The first kappa shape index (κ1) is 15.8. The van der Waals surface area contributed by atoms with Crippen LogP contribution in [0.4, 0.5) is 5.69 Å². The highest BCUT2D eigenvalue weighted by atomic mass is 31.2. The van der Waals surface area contributed by atoms with E-state index in [1.54, 1.807) is 13.0 Å². The molecule has 0 unspecified atom stereocenters. The van der Waals surface area contributed by atoms with E-state index in [9.17, 15) is 9.67 Å². The van der Waals surface area contributed by atoms with Crippen molar-refractivity contribution in [3.05, 3.63) is 17.7 Å². The third-order valence-electron chi connectivity index (χ3n) is 2.85. The summed E-state index contributed by atoms with van der Waals surface area (Å²) in [5.74, 6) is 0.488. The number of unbranched alkanes of at least 4 members (excludes halogenated alkanes) is 1. The topological polar surface area (TPSA) is 102 Å². The predicted octanol–water partition coefficient (Wildman–Crippen LogP) is 2.34. The van der Waals surface area contributed by atoms with Crippen LogP contribution >= 0.6 is 7.59 Å². The molecule has 0 saturated carbocycles. The number of nitrogens with zero attached hydrogens (tertiary/aromatic N) is 1. The number of hydrogen-bond donors (Lipinski definition) is 3. The maximum Gasteiger partial charge on any atom is 0.300 e. The number of aromatic hydroxyl groups is 1. The van der Waals surface area contributed by atoms with Crippen molar-refractivity contribution in [3.63, 3.8) is 0 Å². The zero-order valence-electron chi connectivity index (χ0n) is 11.6. The summed E-state index contributed by atoms with van der Waals surface area (Å²) < 4.78 is 18.5. The van der Waals surface area contributed by atoms with Gasteiger partial charge < -0.3 is 9.84 Å². The van der Waals surface area contributed by atoms with Crippen LogP contribution in [0.5, 0.6) is 11.5 Å². The van der Waals surface area contributed by atoms with Crippen LogP contribution in [0.15, 0.2) is 12.1 Å². The SMILES string of the molecule is CCCCN(c1c(C)cc(OC)cc1O)P(N)(N)=O. The second-order valence-corrected chi connectivity index (χ2v) is 6.29. The van der Waals surface area contributed by atoms with E-state index >= 15 is 0 Å². The number of methoxy groups -OCH3 is 1. The van der Waals surface area contributed by atoms with Crippen molar-refractivity contribution in [2.75, 3.05) is 18.3 Å². The minimum atomic E-state index is -3.47. The number of phenolic OH excluding ortho intramolecular Hbond substituents is 1. The van der Waals surface area contributed by atoms with Gasteiger partial charge in [-0.05, 0) is 25.0 Å². The molecule has 5 N–H and O–H groups in total. The highest BCUT2D eigenvalue weighted by Crippen LogP contribution is 2.45. The second-order valence-electron chi connectivity index (χ2n) is 4.46. The molecule has 19 heavy (non-hydrogen) atoms. The van der Waals surface area contributed by atoms with Crippen molar-refractivity contribution in [2.45, 2.75) is 26.7 Å². The van der Waals surface area contributed by atoms with Crippen LogP contribution in [0.2, 0.25) is 0 Å². The van der Waals surface area contributed by atoms with Gasteiger partial charge in [0.15, 0.2) is 0 Å². The largest absolute Gasteiger partial charge is 0.506 e. The summed E-state index contributed by atoms with van der Waals surface area (Å²) in [7, 11) is -1.96. The highest BCUT2D eigenvalue weighted by Gasteiger charge is 2.25. The van der Waals surface area contributed by atoms with E-state index < -0.39 is 7.59 Å². The molecule has 0 saturated heterocycles. The lowest BCUT2D eigenvalue weighted by Gasteiger charge is -2.29. The van der Waals surface area contributed by atoms with E-state index in [4.69, 9.17) is 15.7 Å². The van der Waals surface area contributed by atoms with Gasteiger partial charge in [-0.1, -0.05) is 13.3 Å². The Morgan fingerprint density at radius 2 is 2.05 bits per heavy atom. The molecule has 6 nitrogen and oxygen atoms in total. The second kappa shape index (κ2) is 6.28. The molecule has 7 heteroatoms. The summed E-state index contributed by atoms with van der Waals surface area (Å²) >= 11 is 0. The fourth-order valence-electron chi connectivity index (χ4n) is 1.91. The average molecular weight is 287 g/mol. The number of aryl methyl sites for hydroxylation is 1. The average Bonchev–Trinajstić information content (AvgIpc) is 2.30. The van der Waals surface area contributed by atoms with E-state index in [0.29, 0.717) is 23.5 Å². The number of nitrogens with two attached hydrogens (primary N) is 2. The fourth-order valence-corrected chi connectivity index (χ4v) is 2.94. The molecular weight excluding hydrogens is 265 g/mol. The first-order valence-corrected chi connectivity index (χ1v) is 7.93. The lowest BCUT2D eigenvalue weighted by atomic mass is 10.1. The first-order valence-electron chi connectivity index (χ1n) is 6.14. The molecule has 108 valence electrons. The van der Waals surface area contributed by atoms with Crippen molar-refractivity contribution >= 4 is 13.3 Å². The molecule has 0 aromatic heterocycles. The Hall–Kier alpha value is -1.23. The van der Waals surface area contributed by atoms with Crippen LogP contribution in [0.1, 0.15) is 25.3 Å². The number of ether oxygens (including phenoxy) is 1. The zero-order chi connectivity index (χ0) is 14.6. The van der Waals surface area contributed by atoms with Crippen molar-refractivity contribution in [1.29, 1.82) is 0 Å². The normalized spacial score (nSPS) is 11.4. The molecule has 1 aromatic carbocycles. The molecule has 0 bridgehead atoms. The molecule has 1 rings (SSSR count). The van der Waals surface area contributed by atoms with Gasteiger partial charge in [-0.15, -0.1) is 0 Å². The fraction of sp³-hybridized carbons (Fsp3) is 0.500. The van der Waals surface area contributed by atoms with Gasteiger partial charge >= 0.3 is 7.59 Å². The van der Waals surface area contributed by atoms with Crippen molar-refractivity contribution < 1.29 is 14.4 Å². The molecule has 0 spiro atoms. The number of anilines is 1. The van der Waals surface area contributed by atoms with Crippen LogP contribution in [0, 0.1) is 6.92 Å². The Morgan fingerprint density at radius 3 is 2.47 bits per heavy atom. The summed E-state index contributed by atoms with van der Waals surface area (Å²) in [4.78, 5) is 0. The molecule has 0 fully saturated rings. The zero-order valence-corrected chi connectivity index (χ0v) is 12.5. The number of phenols is 1. The van der Waals surface area contributed by atoms with Gasteiger partial charge in [0.2, 0.25) is 0 Å². The quantitative estimate of drug-likeness (QED) is 0.694. The molecule has 0 aliphatic heterocycles. The van der Waals surface area contributed by atoms with E-state index in [-0.39, 0.29) is 5.75 Å². The molecule has 0 aliphatic carbocycles. The summed E-state index contributed by atoms with van der Waals surface area (Å²) in [6.07, 6.45) is 1.69. The van der Waals surface area contributed by atoms with E-state index in [1.165, 1.54) is 17.8 Å². The van der Waals surface area contributed by atoms with Gasteiger partial charge in [-0.2, -0.15) is 0 Å². The van der Waals surface area contributed by atoms with Gasteiger partial charge in [0.25, 0.3) is 0 Å². The Morgan fingerprint density at radius 1 is 1.42 bits per heavy atom. The minimum absolute atomic E-state index is 0.0379. The Kier molecular flexibility index (Phi) is 5.23. The maximum atomic E-state index is 12.0. The third-order valence-corrected chi connectivity index (χ3v) is 4.00. The van der Waals surface area contributed by atoms with Crippen LogP contribution in [-0.4, -0.2) is 18.8 Å². The molecule has 0 amide bonds. The monoisotopic (exact) mass is 287 g/mol. The van der Waals surface area contributed by atoms with Crippen LogP contribution in [-0.2, 0) is 4.57 Å². The van der Waals surface area contributed by atoms with Crippen molar-refractivity contribution in [2.24, 2.45) is 11.0 Å². The molecule has 0 heterocycles. The minimum Gasteiger partial charge on any atom is -0.506 e. The number of hydrogen-bond acceptors (Lipinski definition) is 3. The lowest BCUT2D eigenvalue weighted by Crippen LogP contribution is -2.30. The van der Waals surface area contributed by atoms with E-state index in [2.05, 4.69) is 0 Å². The number of rotatable bonds is 6. The molecule has 0 aliphatic rings. The highest BCUT2D eigenvalue weighted by molar-refractivity contribution is 7.60. The van der Waals surface area contributed by atoms with Gasteiger partial charge in [-0.3, -0.25) is 20.2 Å². The summed E-state index contributed by atoms with van der Waals surface area (Å²) in [5, 5.41) is 10.1. The van der Waals surface area contributed by atoms with Gasteiger partial charge in [-0.25, -0.2) is 0 Å². The van der Waals surface area contributed by atoms with Crippen molar-refractivity contribution in [3.8, 4) is 11.5 Å². The molecule has 1 aromatic rings. The van der Waals surface area contributed by atoms with Crippen molar-refractivity contribution in [1.82, 2.24) is 0 Å². The maximum absolute atomic E-state index is 12.0.